The predicted octanol–water partition coefficient (Wildman–Crippen LogP) is 5.08. The van der Waals surface area contributed by atoms with E-state index in [1.807, 2.05) is 59.5 Å². The van der Waals surface area contributed by atoms with Crippen LogP contribution in [0.1, 0.15) is 5.56 Å². The Bertz CT molecular complexity index is 940. The lowest BCUT2D eigenvalue weighted by Gasteiger charge is -2.18. The van der Waals surface area contributed by atoms with Crippen LogP contribution in [0.3, 0.4) is 0 Å². The van der Waals surface area contributed by atoms with Gasteiger partial charge in [-0.1, -0.05) is 54.6 Å². The fourth-order valence-electron chi connectivity index (χ4n) is 3.24. The van der Waals surface area contributed by atoms with Crippen LogP contribution in [0, 0.1) is 0 Å². The standard InChI is InChI=1S/C22H18BrNO2/c23-19-14-18(16-6-2-1-3-7-16)10-11-21(19)26-15-22(25)24-13-12-17-8-4-5-9-20(17)24/h1-11,14H,12-13,15H2. The SMILES string of the molecule is O=C(COc1ccc(-c2ccccc2)cc1Br)N1CCc2ccccc21. The van der Waals surface area contributed by atoms with E-state index in [0.717, 1.165) is 34.3 Å². The molecule has 1 heterocycles. The number of benzene rings is 3. The van der Waals surface area contributed by atoms with Gasteiger partial charge in [0.1, 0.15) is 5.75 Å². The summed E-state index contributed by atoms with van der Waals surface area (Å²) in [5.74, 6) is 0.652. The summed E-state index contributed by atoms with van der Waals surface area (Å²) in [5.41, 5.74) is 4.46. The monoisotopic (exact) mass is 407 g/mol. The third-order valence-electron chi connectivity index (χ3n) is 4.58. The fraction of sp³-hybridized carbons (Fsp3) is 0.136. The molecule has 4 heteroatoms. The Morgan fingerprint density at radius 2 is 1.73 bits per heavy atom. The number of carbonyl (C=O) groups excluding carboxylic acids is 1. The van der Waals surface area contributed by atoms with E-state index in [-0.39, 0.29) is 12.5 Å². The average molecular weight is 408 g/mol. The predicted molar refractivity (Wildman–Crippen MR) is 108 cm³/mol. The Labute approximate surface area is 161 Å². The van der Waals surface area contributed by atoms with E-state index in [1.165, 1.54) is 5.56 Å². The van der Waals surface area contributed by atoms with Gasteiger partial charge in [0.05, 0.1) is 4.47 Å². The number of nitrogens with zero attached hydrogens (tertiary/aromatic N) is 1. The Morgan fingerprint density at radius 1 is 0.962 bits per heavy atom. The zero-order valence-electron chi connectivity index (χ0n) is 14.2. The summed E-state index contributed by atoms with van der Waals surface area (Å²) in [6, 6.07) is 24.1. The smallest absolute Gasteiger partial charge is 0.264 e. The van der Waals surface area contributed by atoms with Gasteiger partial charge >= 0.3 is 0 Å². The summed E-state index contributed by atoms with van der Waals surface area (Å²) < 4.78 is 6.62. The summed E-state index contributed by atoms with van der Waals surface area (Å²) in [5, 5.41) is 0. The molecule has 26 heavy (non-hydrogen) atoms. The largest absolute Gasteiger partial charge is 0.483 e. The molecule has 0 aromatic heterocycles. The van der Waals surface area contributed by atoms with Gasteiger partial charge in [0.15, 0.2) is 6.61 Å². The Morgan fingerprint density at radius 3 is 2.54 bits per heavy atom. The Kier molecular flexibility index (Phi) is 4.76. The molecule has 1 amide bonds. The number of rotatable bonds is 4. The lowest BCUT2D eigenvalue weighted by atomic mass is 10.1. The van der Waals surface area contributed by atoms with Crippen LogP contribution in [0.2, 0.25) is 0 Å². The van der Waals surface area contributed by atoms with Crippen LogP contribution in [-0.2, 0) is 11.2 Å². The second-order valence-electron chi connectivity index (χ2n) is 6.22. The molecule has 3 aromatic carbocycles. The van der Waals surface area contributed by atoms with Crippen molar-refractivity contribution in [2.75, 3.05) is 18.1 Å². The molecule has 0 saturated heterocycles. The van der Waals surface area contributed by atoms with Crippen LogP contribution in [0.4, 0.5) is 5.69 Å². The molecular formula is C22H18BrNO2. The molecule has 4 rings (SSSR count). The molecule has 0 spiro atoms. The molecule has 0 aliphatic carbocycles. The molecule has 3 nitrogen and oxygen atoms in total. The van der Waals surface area contributed by atoms with Gasteiger partial charge < -0.3 is 9.64 Å². The van der Waals surface area contributed by atoms with Gasteiger partial charge in [-0.05, 0) is 57.2 Å². The van der Waals surface area contributed by atoms with Gasteiger partial charge in [0.2, 0.25) is 0 Å². The molecule has 0 fully saturated rings. The fourth-order valence-corrected chi connectivity index (χ4v) is 3.74. The van der Waals surface area contributed by atoms with E-state index in [2.05, 4.69) is 34.1 Å². The van der Waals surface area contributed by atoms with Crippen molar-refractivity contribution in [1.82, 2.24) is 0 Å². The number of hydrogen-bond acceptors (Lipinski definition) is 2. The van der Waals surface area contributed by atoms with Crippen LogP contribution in [-0.4, -0.2) is 19.1 Å². The lowest BCUT2D eigenvalue weighted by Crippen LogP contribution is -2.33. The number of carbonyl (C=O) groups is 1. The van der Waals surface area contributed by atoms with Gasteiger partial charge in [0, 0.05) is 12.2 Å². The third kappa shape index (κ3) is 3.37. The van der Waals surface area contributed by atoms with Crippen molar-refractivity contribution in [2.24, 2.45) is 0 Å². The highest BCUT2D eigenvalue weighted by atomic mass is 79.9. The molecule has 0 saturated carbocycles. The first-order valence-corrected chi connectivity index (χ1v) is 9.38. The van der Waals surface area contributed by atoms with E-state index in [4.69, 9.17) is 4.74 Å². The van der Waals surface area contributed by atoms with E-state index in [9.17, 15) is 4.79 Å². The molecule has 3 aromatic rings. The minimum Gasteiger partial charge on any atom is -0.483 e. The van der Waals surface area contributed by atoms with E-state index < -0.39 is 0 Å². The molecular weight excluding hydrogens is 390 g/mol. The summed E-state index contributed by atoms with van der Waals surface area (Å²) >= 11 is 3.55. The highest BCUT2D eigenvalue weighted by Crippen LogP contribution is 2.31. The second kappa shape index (κ2) is 7.34. The van der Waals surface area contributed by atoms with Crippen molar-refractivity contribution in [3.05, 3.63) is 82.8 Å². The lowest BCUT2D eigenvalue weighted by molar-refractivity contribution is -0.120. The molecule has 1 aliphatic heterocycles. The van der Waals surface area contributed by atoms with Gasteiger partial charge in [-0.15, -0.1) is 0 Å². The number of anilines is 1. The average Bonchev–Trinajstić information content (AvgIpc) is 3.12. The molecule has 0 N–H and O–H groups in total. The minimum atomic E-state index is -0.0195. The number of para-hydroxylation sites is 1. The number of amides is 1. The van der Waals surface area contributed by atoms with Crippen molar-refractivity contribution in [2.45, 2.75) is 6.42 Å². The van der Waals surface area contributed by atoms with Gasteiger partial charge in [-0.3, -0.25) is 4.79 Å². The minimum absolute atomic E-state index is 0.0195. The quantitative estimate of drug-likeness (QED) is 0.602. The molecule has 0 unspecified atom stereocenters. The van der Waals surface area contributed by atoms with Crippen LogP contribution in [0.5, 0.6) is 5.75 Å². The zero-order valence-corrected chi connectivity index (χ0v) is 15.8. The number of fused-ring (bicyclic) bond motifs is 1. The molecule has 1 aliphatic rings. The number of ether oxygens (including phenoxy) is 1. The van der Waals surface area contributed by atoms with E-state index >= 15 is 0 Å². The van der Waals surface area contributed by atoms with Gasteiger partial charge in [-0.25, -0.2) is 0 Å². The maximum atomic E-state index is 12.6. The van der Waals surface area contributed by atoms with Gasteiger partial charge in [-0.2, -0.15) is 0 Å². The summed E-state index contributed by atoms with van der Waals surface area (Å²) in [6.45, 7) is 0.743. The first-order chi connectivity index (χ1) is 12.7. The van der Waals surface area contributed by atoms with Crippen LogP contribution in [0.25, 0.3) is 11.1 Å². The number of halogens is 1. The van der Waals surface area contributed by atoms with Crippen molar-refractivity contribution < 1.29 is 9.53 Å². The summed E-state index contributed by atoms with van der Waals surface area (Å²) in [4.78, 5) is 14.4. The Balaban J connectivity index is 1.44. The normalized spacial score (nSPS) is 12.7. The topological polar surface area (TPSA) is 29.5 Å². The summed E-state index contributed by atoms with van der Waals surface area (Å²) in [7, 11) is 0. The first kappa shape index (κ1) is 16.9. The highest BCUT2D eigenvalue weighted by Gasteiger charge is 2.24. The molecule has 0 atom stereocenters. The van der Waals surface area contributed by atoms with E-state index in [1.54, 1.807) is 0 Å². The Hall–Kier alpha value is -2.59. The molecule has 0 bridgehead atoms. The van der Waals surface area contributed by atoms with Crippen molar-refractivity contribution in [3.63, 3.8) is 0 Å². The first-order valence-electron chi connectivity index (χ1n) is 8.58. The van der Waals surface area contributed by atoms with Crippen LogP contribution in [0.15, 0.2) is 77.3 Å². The summed E-state index contributed by atoms with van der Waals surface area (Å²) in [6.07, 6.45) is 0.900. The maximum absolute atomic E-state index is 12.6. The molecule has 0 radical (unpaired) electrons. The highest BCUT2D eigenvalue weighted by molar-refractivity contribution is 9.10. The van der Waals surface area contributed by atoms with Crippen molar-refractivity contribution in [3.8, 4) is 16.9 Å². The van der Waals surface area contributed by atoms with Crippen molar-refractivity contribution >= 4 is 27.5 Å². The second-order valence-corrected chi connectivity index (χ2v) is 7.08. The van der Waals surface area contributed by atoms with Crippen LogP contribution >= 0.6 is 15.9 Å². The van der Waals surface area contributed by atoms with E-state index in [0.29, 0.717) is 5.75 Å². The molecule has 130 valence electrons. The zero-order chi connectivity index (χ0) is 17.9. The van der Waals surface area contributed by atoms with Crippen LogP contribution < -0.4 is 9.64 Å². The number of hydrogen-bond donors (Lipinski definition) is 0. The van der Waals surface area contributed by atoms with Crippen molar-refractivity contribution in [1.29, 1.82) is 0 Å². The van der Waals surface area contributed by atoms with Gasteiger partial charge in [0.25, 0.3) is 5.91 Å². The third-order valence-corrected chi connectivity index (χ3v) is 5.20. The maximum Gasteiger partial charge on any atom is 0.264 e.